The van der Waals surface area contributed by atoms with Crippen LogP contribution in [0.25, 0.3) is 6.08 Å². The average Bonchev–Trinajstić information content (AvgIpc) is 2.98. The van der Waals surface area contributed by atoms with Crippen LogP contribution in [0.4, 0.5) is 4.79 Å². The highest BCUT2D eigenvalue weighted by Gasteiger charge is 2.28. The maximum atomic E-state index is 12.6. The van der Waals surface area contributed by atoms with Crippen LogP contribution < -0.4 is 9.47 Å². The van der Waals surface area contributed by atoms with Gasteiger partial charge in [-0.25, -0.2) is 4.79 Å². The monoisotopic (exact) mass is 379 g/mol. The predicted molar refractivity (Wildman–Crippen MR) is 109 cm³/mol. The van der Waals surface area contributed by atoms with Crippen LogP contribution >= 0.6 is 0 Å². The molecular weight excluding hydrogens is 354 g/mol. The normalized spacial score (nSPS) is 14.2. The molecule has 146 valence electrons. The van der Waals surface area contributed by atoms with E-state index in [0.29, 0.717) is 36.1 Å². The largest absolute Gasteiger partial charge is 0.452 e. The number of benzene rings is 2. The van der Waals surface area contributed by atoms with Crippen molar-refractivity contribution in [1.82, 2.24) is 4.90 Å². The molecule has 0 N–H and O–H groups in total. The van der Waals surface area contributed by atoms with Crippen molar-refractivity contribution in [2.45, 2.75) is 33.6 Å². The van der Waals surface area contributed by atoms with Gasteiger partial charge in [-0.1, -0.05) is 38.1 Å². The number of fused-ring (bicyclic) bond motifs is 1. The van der Waals surface area contributed by atoms with Crippen LogP contribution in [0.15, 0.2) is 48.2 Å². The number of amides is 1. The van der Waals surface area contributed by atoms with Gasteiger partial charge in [-0.15, -0.1) is 0 Å². The van der Waals surface area contributed by atoms with Gasteiger partial charge in [0.1, 0.15) is 11.5 Å². The van der Waals surface area contributed by atoms with Gasteiger partial charge in [-0.2, -0.15) is 0 Å². The van der Waals surface area contributed by atoms with Crippen molar-refractivity contribution in [1.29, 1.82) is 0 Å². The van der Waals surface area contributed by atoms with Gasteiger partial charge in [-0.3, -0.25) is 4.79 Å². The molecule has 0 radical (unpaired) electrons. The lowest BCUT2D eigenvalue weighted by atomic mass is 10.0. The van der Waals surface area contributed by atoms with E-state index < -0.39 is 6.09 Å². The fourth-order valence-electron chi connectivity index (χ4n) is 3.01. The highest BCUT2D eigenvalue weighted by atomic mass is 16.6. The van der Waals surface area contributed by atoms with Gasteiger partial charge in [-0.05, 0) is 49.1 Å². The van der Waals surface area contributed by atoms with Gasteiger partial charge in [0.2, 0.25) is 5.78 Å². The summed E-state index contributed by atoms with van der Waals surface area (Å²) in [6, 6.07) is 12.9. The molecule has 1 aliphatic rings. The molecule has 0 unspecified atom stereocenters. The van der Waals surface area contributed by atoms with E-state index in [1.54, 1.807) is 29.2 Å². The van der Waals surface area contributed by atoms with Crippen LogP contribution in [-0.2, 0) is 0 Å². The second-order valence-corrected chi connectivity index (χ2v) is 6.96. The van der Waals surface area contributed by atoms with Gasteiger partial charge < -0.3 is 14.4 Å². The summed E-state index contributed by atoms with van der Waals surface area (Å²) < 4.78 is 11.1. The van der Waals surface area contributed by atoms with E-state index in [0.717, 1.165) is 5.56 Å². The second kappa shape index (κ2) is 8.30. The molecular formula is C23H25NO4. The summed E-state index contributed by atoms with van der Waals surface area (Å²) in [6.07, 6.45) is 1.31. The van der Waals surface area contributed by atoms with E-state index >= 15 is 0 Å². The number of carbonyl (C=O) groups excluding carboxylic acids is 2. The van der Waals surface area contributed by atoms with Crippen molar-refractivity contribution in [3.63, 3.8) is 0 Å². The molecule has 0 saturated carbocycles. The number of rotatable bonds is 5. The highest BCUT2D eigenvalue weighted by Crippen LogP contribution is 2.35. The van der Waals surface area contributed by atoms with Gasteiger partial charge >= 0.3 is 6.09 Å². The van der Waals surface area contributed by atoms with Crippen molar-refractivity contribution in [3.8, 4) is 11.5 Å². The molecule has 2 aromatic carbocycles. The molecule has 0 atom stereocenters. The Kier molecular flexibility index (Phi) is 5.83. The zero-order valence-corrected chi connectivity index (χ0v) is 16.7. The van der Waals surface area contributed by atoms with Crippen LogP contribution in [0.2, 0.25) is 0 Å². The number of hydrogen-bond donors (Lipinski definition) is 0. The summed E-state index contributed by atoms with van der Waals surface area (Å²) in [6.45, 7) is 9.19. The topological polar surface area (TPSA) is 55.8 Å². The van der Waals surface area contributed by atoms with Crippen molar-refractivity contribution in [2.75, 3.05) is 13.1 Å². The molecule has 0 fully saturated rings. The molecule has 3 rings (SSSR count). The van der Waals surface area contributed by atoms with E-state index in [1.165, 1.54) is 5.56 Å². The number of allylic oxidation sites excluding steroid dienone is 1. The van der Waals surface area contributed by atoms with E-state index in [1.807, 2.05) is 38.1 Å². The minimum atomic E-state index is -0.421. The van der Waals surface area contributed by atoms with E-state index in [2.05, 4.69) is 13.8 Å². The number of ketones is 1. The molecule has 0 saturated heterocycles. The Balaban J connectivity index is 1.78. The maximum Gasteiger partial charge on any atom is 0.415 e. The van der Waals surface area contributed by atoms with Gasteiger partial charge in [0.15, 0.2) is 5.76 Å². The van der Waals surface area contributed by atoms with E-state index in [-0.39, 0.29) is 11.5 Å². The van der Waals surface area contributed by atoms with Crippen LogP contribution in [0.3, 0.4) is 0 Å². The first-order valence-electron chi connectivity index (χ1n) is 9.58. The van der Waals surface area contributed by atoms with Crippen molar-refractivity contribution < 1.29 is 19.1 Å². The summed E-state index contributed by atoms with van der Waals surface area (Å²) in [5.41, 5.74) is 2.60. The smallest absolute Gasteiger partial charge is 0.415 e. The summed E-state index contributed by atoms with van der Waals surface area (Å²) in [7, 11) is 0. The lowest BCUT2D eigenvalue weighted by Gasteiger charge is -2.17. The lowest BCUT2D eigenvalue weighted by molar-refractivity contribution is 0.101. The number of Topliss-reactive ketones (excluding diaryl/α,β-unsaturated/α-hetero) is 1. The van der Waals surface area contributed by atoms with Gasteiger partial charge in [0.25, 0.3) is 0 Å². The summed E-state index contributed by atoms with van der Waals surface area (Å²) in [5.74, 6) is 1.29. The van der Waals surface area contributed by atoms with Crippen LogP contribution in [-0.4, -0.2) is 29.9 Å². The molecule has 2 aromatic rings. The molecule has 28 heavy (non-hydrogen) atoms. The van der Waals surface area contributed by atoms with Gasteiger partial charge in [0.05, 0.1) is 5.56 Å². The second-order valence-electron chi connectivity index (χ2n) is 6.96. The number of nitrogens with zero attached hydrogens (tertiary/aromatic N) is 1. The standard InChI is InChI=1S/C23H25NO4/c1-5-24(6-2)23(26)27-18-11-12-19-20(14-18)28-21(22(19)25)13-16-7-9-17(10-8-16)15(3)4/h7-15H,5-6H2,1-4H3/b21-13-. The first-order chi connectivity index (χ1) is 13.4. The van der Waals surface area contributed by atoms with Crippen LogP contribution in [0, 0.1) is 0 Å². The fraction of sp³-hybridized carbons (Fsp3) is 0.304. The highest BCUT2D eigenvalue weighted by molar-refractivity contribution is 6.14. The minimum absolute atomic E-state index is 0.176. The molecule has 0 aromatic heterocycles. The van der Waals surface area contributed by atoms with Crippen LogP contribution in [0.5, 0.6) is 11.5 Å². The Bertz CT molecular complexity index is 909. The summed E-state index contributed by atoms with van der Waals surface area (Å²) >= 11 is 0. The first kappa shape index (κ1) is 19.7. The quantitative estimate of drug-likeness (QED) is 0.664. The molecule has 1 heterocycles. The van der Waals surface area contributed by atoms with Crippen LogP contribution in [0.1, 0.15) is 55.1 Å². The third kappa shape index (κ3) is 4.09. The number of ether oxygens (including phenoxy) is 2. The Morgan fingerprint density at radius 3 is 2.39 bits per heavy atom. The predicted octanol–water partition coefficient (Wildman–Crippen LogP) is 5.27. The Labute approximate surface area is 165 Å². The Morgan fingerprint density at radius 2 is 1.79 bits per heavy atom. The fourth-order valence-corrected chi connectivity index (χ4v) is 3.01. The molecule has 0 spiro atoms. The molecule has 5 heteroatoms. The lowest BCUT2D eigenvalue weighted by Crippen LogP contribution is -2.33. The summed E-state index contributed by atoms with van der Waals surface area (Å²) in [5, 5.41) is 0. The zero-order valence-electron chi connectivity index (χ0n) is 16.7. The van der Waals surface area contributed by atoms with Crippen molar-refractivity contribution in [3.05, 3.63) is 64.9 Å². The summed E-state index contributed by atoms with van der Waals surface area (Å²) in [4.78, 5) is 26.3. The van der Waals surface area contributed by atoms with E-state index in [4.69, 9.17) is 9.47 Å². The van der Waals surface area contributed by atoms with Crippen molar-refractivity contribution in [2.24, 2.45) is 0 Å². The first-order valence-corrected chi connectivity index (χ1v) is 9.58. The molecule has 0 aliphatic carbocycles. The van der Waals surface area contributed by atoms with Crippen molar-refractivity contribution >= 4 is 18.0 Å². The molecule has 1 amide bonds. The maximum absolute atomic E-state index is 12.6. The van der Waals surface area contributed by atoms with E-state index in [9.17, 15) is 9.59 Å². The molecule has 5 nitrogen and oxygen atoms in total. The SMILES string of the molecule is CCN(CC)C(=O)Oc1ccc2c(c1)O/C(=C\c1ccc(C(C)C)cc1)C2=O. The Morgan fingerprint density at radius 1 is 1.11 bits per heavy atom. The average molecular weight is 379 g/mol. The zero-order chi connectivity index (χ0) is 20.3. The molecule has 0 bridgehead atoms. The number of hydrogen-bond acceptors (Lipinski definition) is 4. The minimum Gasteiger partial charge on any atom is -0.452 e. The Hall–Kier alpha value is -3.08. The van der Waals surface area contributed by atoms with Gasteiger partial charge in [0, 0.05) is 19.2 Å². The third-order valence-electron chi connectivity index (χ3n) is 4.77. The third-order valence-corrected chi connectivity index (χ3v) is 4.77. The number of carbonyl (C=O) groups is 2. The molecule has 1 aliphatic heterocycles.